The number of rotatable bonds is 3. The number of morpholine rings is 1. The minimum absolute atomic E-state index is 0.161. The summed E-state index contributed by atoms with van der Waals surface area (Å²) in [5.41, 5.74) is 4.75. The number of ether oxygens (including phenoxy) is 2. The molecule has 4 rings (SSSR count). The summed E-state index contributed by atoms with van der Waals surface area (Å²) in [6.07, 6.45) is 1.84. The molecule has 0 aliphatic carbocycles. The Morgan fingerprint density at radius 2 is 2.15 bits per heavy atom. The number of nitrogens with zero attached hydrogens (tertiary/aromatic N) is 3. The lowest BCUT2D eigenvalue weighted by Gasteiger charge is -2.33. The van der Waals surface area contributed by atoms with Crippen molar-refractivity contribution in [3.8, 4) is 0 Å². The molecule has 1 aromatic heterocycles. The van der Waals surface area contributed by atoms with Gasteiger partial charge < -0.3 is 14.4 Å². The van der Waals surface area contributed by atoms with Crippen LogP contribution < -0.4 is 4.90 Å². The lowest BCUT2D eigenvalue weighted by molar-refractivity contribution is -0.0362. The maximum absolute atomic E-state index is 12.7. The van der Waals surface area contributed by atoms with Crippen molar-refractivity contribution >= 4 is 22.6 Å². The molecule has 0 N–H and O–H groups in total. The summed E-state index contributed by atoms with van der Waals surface area (Å²) >= 11 is 0. The number of hydrogen-bond donors (Lipinski definition) is 0. The van der Waals surface area contributed by atoms with E-state index in [1.807, 2.05) is 6.92 Å². The number of hydrogen-bond acceptors (Lipinski definition) is 6. The first-order valence-electron chi connectivity index (χ1n) is 9.64. The normalized spacial score (nSPS) is 22.9. The molecule has 0 spiro atoms. The second-order valence-electron chi connectivity index (χ2n) is 7.51. The van der Waals surface area contributed by atoms with E-state index in [1.165, 1.54) is 5.56 Å². The summed E-state index contributed by atoms with van der Waals surface area (Å²) in [4.78, 5) is 21.9. The number of carbonyl (C=O) groups is 1. The highest BCUT2D eigenvalue weighted by atomic mass is 16.5. The topological polar surface area (TPSA) is 54.9 Å². The molecule has 144 valence electrons. The Balaban J connectivity index is 1.85. The number of carbonyl (C=O) groups excluding carboxylic acids is 1. The number of anilines is 1. The van der Waals surface area contributed by atoms with Gasteiger partial charge in [-0.3, -0.25) is 9.88 Å². The number of esters is 1. The minimum atomic E-state index is -0.315. The van der Waals surface area contributed by atoms with Gasteiger partial charge in [0.1, 0.15) is 5.56 Å². The van der Waals surface area contributed by atoms with Gasteiger partial charge in [0, 0.05) is 31.2 Å². The Hall–Kier alpha value is -2.18. The van der Waals surface area contributed by atoms with Crippen LogP contribution in [0.15, 0.2) is 18.3 Å². The van der Waals surface area contributed by atoms with E-state index in [0.29, 0.717) is 18.2 Å². The predicted molar refractivity (Wildman–Crippen MR) is 106 cm³/mol. The van der Waals surface area contributed by atoms with Crippen molar-refractivity contribution in [3.63, 3.8) is 0 Å². The highest BCUT2D eigenvalue weighted by molar-refractivity contribution is 6.06. The minimum Gasteiger partial charge on any atom is -0.462 e. The maximum atomic E-state index is 12.7. The molecule has 3 heterocycles. The van der Waals surface area contributed by atoms with E-state index >= 15 is 0 Å². The van der Waals surface area contributed by atoms with Gasteiger partial charge >= 0.3 is 5.97 Å². The molecule has 6 heteroatoms. The van der Waals surface area contributed by atoms with Crippen LogP contribution in [0.3, 0.4) is 0 Å². The van der Waals surface area contributed by atoms with Crippen LogP contribution in [-0.2, 0) is 9.47 Å². The molecule has 0 bridgehead atoms. The molecule has 0 amide bonds. The van der Waals surface area contributed by atoms with E-state index in [-0.39, 0.29) is 12.1 Å². The largest absolute Gasteiger partial charge is 0.462 e. The average Bonchev–Trinajstić information content (AvgIpc) is 3.09. The molecule has 27 heavy (non-hydrogen) atoms. The second-order valence-corrected chi connectivity index (χ2v) is 7.51. The van der Waals surface area contributed by atoms with Crippen molar-refractivity contribution in [2.24, 2.45) is 0 Å². The summed E-state index contributed by atoms with van der Waals surface area (Å²) in [6, 6.07) is 4.52. The first-order chi connectivity index (χ1) is 13.0. The van der Waals surface area contributed by atoms with Crippen molar-refractivity contribution in [1.29, 1.82) is 0 Å². The molecule has 2 atom stereocenters. The van der Waals surface area contributed by atoms with E-state index in [1.54, 1.807) is 6.20 Å². The SMILES string of the molecule is CCOC(=O)c1cnc2c(C)c(C)ccc2c1N1CC2OCCN(C)C2C1. The van der Waals surface area contributed by atoms with Crippen LogP contribution in [-0.4, -0.2) is 67.9 Å². The molecule has 2 aromatic rings. The molecular weight excluding hydrogens is 342 g/mol. The Morgan fingerprint density at radius 3 is 2.89 bits per heavy atom. The summed E-state index contributed by atoms with van der Waals surface area (Å²) < 4.78 is 11.3. The molecule has 2 aliphatic heterocycles. The molecule has 1 aromatic carbocycles. The number of benzene rings is 1. The first kappa shape index (κ1) is 18.2. The third kappa shape index (κ3) is 3.07. The molecule has 6 nitrogen and oxygen atoms in total. The molecular formula is C21H27N3O3. The summed E-state index contributed by atoms with van der Waals surface area (Å²) in [7, 11) is 2.15. The zero-order valence-electron chi connectivity index (χ0n) is 16.5. The zero-order chi connectivity index (χ0) is 19.1. The highest BCUT2D eigenvalue weighted by Crippen LogP contribution is 2.36. The van der Waals surface area contributed by atoms with Crippen molar-refractivity contribution in [2.75, 3.05) is 44.8 Å². The van der Waals surface area contributed by atoms with Crippen LogP contribution in [0.25, 0.3) is 10.9 Å². The smallest absolute Gasteiger partial charge is 0.341 e. The van der Waals surface area contributed by atoms with Gasteiger partial charge in [0.15, 0.2) is 0 Å². The number of fused-ring (bicyclic) bond motifs is 2. The molecule has 2 fully saturated rings. The van der Waals surface area contributed by atoms with Crippen LogP contribution in [0.4, 0.5) is 5.69 Å². The Kier molecular flexibility index (Phi) is 4.78. The lowest BCUT2D eigenvalue weighted by Crippen LogP contribution is -2.48. The highest BCUT2D eigenvalue weighted by Gasteiger charge is 2.40. The van der Waals surface area contributed by atoms with Crippen LogP contribution in [0, 0.1) is 13.8 Å². The fourth-order valence-electron chi connectivity index (χ4n) is 4.23. The third-order valence-corrected chi connectivity index (χ3v) is 5.93. The number of pyridine rings is 1. The van der Waals surface area contributed by atoms with Gasteiger partial charge in [0.05, 0.1) is 36.6 Å². The standard InChI is InChI=1S/C21H27N3O3/c1-5-26-21(25)16-10-22-19-14(3)13(2)6-7-15(19)20(16)24-11-17-18(12-24)27-9-8-23(17)4/h6-7,10,17-18H,5,8-9,11-12H2,1-4H3. The average molecular weight is 369 g/mol. The van der Waals surface area contributed by atoms with Crippen molar-refractivity contribution < 1.29 is 14.3 Å². The van der Waals surface area contributed by atoms with E-state index in [4.69, 9.17) is 9.47 Å². The van der Waals surface area contributed by atoms with Crippen LogP contribution >= 0.6 is 0 Å². The van der Waals surface area contributed by atoms with Gasteiger partial charge in [0.2, 0.25) is 0 Å². The molecule has 2 saturated heterocycles. The van der Waals surface area contributed by atoms with Crippen molar-refractivity contribution in [2.45, 2.75) is 32.9 Å². The van der Waals surface area contributed by atoms with Gasteiger partial charge in [-0.15, -0.1) is 0 Å². The van der Waals surface area contributed by atoms with Crippen molar-refractivity contribution in [1.82, 2.24) is 9.88 Å². The third-order valence-electron chi connectivity index (χ3n) is 5.93. The summed E-state index contributed by atoms with van der Waals surface area (Å²) in [6.45, 7) is 9.64. The quantitative estimate of drug-likeness (QED) is 0.775. The fourth-order valence-corrected chi connectivity index (χ4v) is 4.23. The zero-order valence-corrected chi connectivity index (χ0v) is 16.5. The van der Waals surface area contributed by atoms with Crippen LogP contribution in [0.1, 0.15) is 28.4 Å². The Bertz CT molecular complexity index is 883. The van der Waals surface area contributed by atoms with Crippen molar-refractivity contribution in [3.05, 3.63) is 35.0 Å². The van der Waals surface area contributed by atoms with Gasteiger partial charge in [-0.05, 0) is 38.9 Å². The van der Waals surface area contributed by atoms with Gasteiger partial charge in [-0.1, -0.05) is 12.1 Å². The van der Waals surface area contributed by atoms with E-state index in [9.17, 15) is 4.79 Å². The molecule has 2 aliphatic rings. The Labute approximate surface area is 160 Å². The maximum Gasteiger partial charge on any atom is 0.341 e. The fraction of sp³-hybridized carbons (Fsp3) is 0.524. The summed E-state index contributed by atoms with van der Waals surface area (Å²) in [5.74, 6) is -0.315. The van der Waals surface area contributed by atoms with Gasteiger partial charge in [-0.25, -0.2) is 4.79 Å². The predicted octanol–water partition coefficient (Wildman–Crippen LogP) is 2.55. The summed E-state index contributed by atoms with van der Waals surface area (Å²) in [5, 5.41) is 1.00. The van der Waals surface area contributed by atoms with E-state index in [0.717, 1.165) is 48.4 Å². The van der Waals surface area contributed by atoms with Gasteiger partial charge in [-0.2, -0.15) is 0 Å². The lowest BCUT2D eigenvalue weighted by atomic mass is 10.0. The number of likely N-dealkylation sites (N-methyl/N-ethyl adjacent to an activating group) is 1. The van der Waals surface area contributed by atoms with Crippen LogP contribution in [0.2, 0.25) is 0 Å². The molecule has 2 unspecified atom stereocenters. The van der Waals surface area contributed by atoms with Crippen LogP contribution in [0.5, 0.6) is 0 Å². The first-order valence-corrected chi connectivity index (χ1v) is 9.64. The second kappa shape index (κ2) is 7.09. The number of aryl methyl sites for hydroxylation is 2. The molecule has 0 saturated carbocycles. The Morgan fingerprint density at radius 1 is 1.33 bits per heavy atom. The molecule has 0 radical (unpaired) electrons. The van der Waals surface area contributed by atoms with E-state index in [2.05, 4.69) is 47.8 Å². The monoisotopic (exact) mass is 369 g/mol. The van der Waals surface area contributed by atoms with Gasteiger partial charge in [0.25, 0.3) is 0 Å². The number of aromatic nitrogens is 1. The van der Waals surface area contributed by atoms with E-state index < -0.39 is 0 Å².